The molecule has 0 unspecified atom stereocenters. The molecular formula is C14H12N2O5. The lowest BCUT2D eigenvalue weighted by Crippen LogP contribution is -2.00. The van der Waals surface area contributed by atoms with Crippen LogP contribution in [-0.4, -0.2) is 23.2 Å². The monoisotopic (exact) mass is 288 g/mol. The highest BCUT2D eigenvalue weighted by Gasteiger charge is 2.21. The van der Waals surface area contributed by atoms with Crippen LogP contribution in [0.25, 0.3) is 12.2 Å². The average molecular weight is 288 g/mol. The number of carbonyl (C=O) groups is 1. The van der Waals surface area contributed by atoms with Crippen molar-refractivity contribution in [2.24, 2.45) is 0 Å². The summed E-state index contributed by atoms with van der Waals surface area (Å²) in [5.74, 6) is -0.346. The number of aryl methyl sites for hydroxylation is 1. The number of aromatic nitrogens is 1. The van der Waals surface area contributed by atoms with Crippen LogP contribution < -0.4 is 0 Å². The van der Waals surface area contributed by atoms with E-state index in [0.717, 1.165) is 5.56 Å². The van der Waals surface area contributed by atoms with Gasteiger partial charge in [0.15, 0.2) is 5.69 Å². The fourth-order valence-corrected chi connectivity index (χ4v) is 1.73. The van der Waals surface area contributed by atoms with Crippen LogP contribution in [0, 0.1) is 17.0 Å². The highest BCUT2D eigenvalue weighted by atomic mass is 16.6. The molecule has 1 aromatic heterocycles. The van der Waals surface area contributed by atoms with Crippen molar-refractivity contribution in [3.8, 4) is 0 Å². The maximum atomic E-state index is 11.3. The molecule has 0 aliphatic rings. The van der Waals surface area contributed by atoms with Crippen molar-refractivity contribution < 1.29 is 19.0 Å². The van der Waals surface area contributed by atoms with E-state index in [1.54, 1.807) is 30.3 Å². The number of hydrogen-bond acceptors (Lipinski definition) is 6. The van der Waals surface area contributed by atoms with E-state index in [4.69, 9.17) is 4.52 Å². The zero-order valence-corrected chi connectivity index (χ0v) is 11.4. The van der Waals surface area contributed by atoms with Crippen molar-refractivity contribution in [3.05, 3.63) is 57.0 Å². The molecule has 7 heteroatoms. The van der Waals surface area contributed by atoms with Gasteiger partial charge in [-0.15, -0.1) is 0 Å². The number of ether oxygens (including phenoxy) is 1. The second-order valence-electron chi connectivity index (χ2n) is 4.18. The zero-order valence-electron chi connectivity index (χ0n) is 11.4. The molecule has 0 saturated carbocycles. The molecule has 7 nitrogen and oxygen atoms in total. The zero-order chi connectivity index (χ0) is 15.4. The van der Waals surface area contributed by atoms with Crippen molar-refractivity contribution in [1.82, 2.24) is 5.16 Å². The predicted molar refractivity (Wildman–Crippen MR) is 74.6 cm³/mol. The molecule has 0 aliphatic heterocycles. The van der Waals surface area contributed by atoms with Gasteiger partial charge in [-0.25, -0.2) is 4.79 Å². The third-order valence-corrected chi connectivity index (χ3v) is 2.80. The van der Waals surface area contributed by atoms with Gasteiger partial charge in [-0.1, -0.05) is 23.4 Å². The molecule has 21 heavy (non-hydrogen) atoms. The molecule has 1 aromatic carbocycles. The summed E-state index contributed by atoms with van der Waals surface area (Å²) in [4.78, 5) is 21.6. The molecular weight excluding hydrogens is 276 g/mol. The Kier molecular flexibility index (Phi) is 4.13. The fourth-order valence-electron chi connectivity index (χ4n) is 1.73. The van der Waals surface area contributed by atoms with E-state index in [1.165, 1.54) is 20.1 Å². The summed E-state index contributed by atoms with van der Waals surface area (Å²) in [6.45, 7) is 1.50. The molecule has 0 atom stereocenters. The first kappa shape index (κ1) is 14.4. The third-order valence-electron chi connectivity index (χ3n) is 2.80. The summed E-state index contributed by atoms with van der Waals surface area (Å²) in [7, 11) is 1.31. The number of rotatable bonds is 4. The summed E-state index contributed by atoms with van der Waals surface area (Å²) in [5, 5.41) is 14.5. The minimum Gasteiger partial charge on any atom is -0.465 e. The van der Waals surface area contributed by atoms with Gasteiger partial charge in [0.25, 0.3) is 0 Å². The summed E-state index contributed by atoms with van der Waals surface area (Å²) in [6.07, 6.45) is 3.10. The highest BCUT2D eigenvalue weighted by Crippen LogP contribution is 2.24. The minimum absolute atomic E-state index is 0.0783. The predicted octanol–water partition coefficient (Wildman–Crippen LogP) is 2.85. The Morgan fingerprint density at radius 2 is 2.00 bits per heavy atom. The van der Waals surface area contributed by atoms with Gasteiger partial charge in [0, 0.05) is 0 Å². The maximum absolute atomic E-state index is 11.3. The van der Waals surface area contributed by atoms with E-state index in [-0.39, 0.29) is 17.1 Å². The van der Waals surface area contributed by atoms with E-state index in [0.29, 0.717) is 5.56 Å². The highest BCUT2D eigenvalue weighted by molar-refractivity contribution is 5.89. The van der Waals surface area contributed by atoms with Crippen molar-refractivity contribution >= 4 is 23.8 Å². The number of methoxy groups -OCH3 is 1. The fraction of sp³-hybridized carbons (Fsp3) is 0.143. The normalized spacial score (nSPS) is 10.8. The van der Waals surface area contributed by atoms with Crippen LogP contribution in [0.5, 0.6) is 0 Å². The van der Waals surface area contributed by atoms with E-state index in [2.05, 4.69) is 9.89 Å². The first-order valence-electron chi connectivity index (χ1n) is 6.00. The smallest absolute Gasteiger partial charge is 0.338 e. The topological polar surface area (TPSA) is 95.5 Å². The first-order valence-corrected chi connectivity index (χ1v) is 6.00. The number of benzene rings is 1. The Labute approximate surface area is 120 Å². The van der Waals surface area contributed by atoms with Gasteiger partial charge < -0.3 is 9.26 Å². The van der Waals surface area contributed by atoms with Crippen LogP contribution in [-0.2, 0) is 4.74 Å². The Morgan fingerprint density at radius 3 is 2.57 bits per heavy atom. The van der Waals surface area contributed by atoms with Crippen molar-refractivity contribution in [2.45, 2.75) is 6.92 Å². The summed E-state index contributed by atoms with van der Waals surface area (Å²) >= 11 is 0. The molecule has 0 spiro atoms. The van der Waals surface area contributed by atoms with Crippen molar-refractivity contribution in [1.29, 1.82) is 0 Å². The average Bonchev–Trinajstić information content (AvgIpc) is 2.86. The second kappa shape index (κ2) is 6.00. The molecule has 0 aliphatic carbocycles. The lowest BCUT2D eigenvalue weighted by molar-refractivity contribution is -0.386. The number of esters is 1. The van der Waals surface area contributed by atoms with Crippen LogP contribution in [0.3, 0.4) is 0 Å². The SMILES string of the molecule is COC(=O)c1ccc(/C=C/c2onc(C)c2[N+](=O)[O-])cc1. The van der Waals surface area contributed by atoms with Crippen LogP contribution in [0.1, 0.15) is 27.4 Å². The van der Waals surface area contributed by atoms with Gasteiger partial charge in [0.1, 0.15) is 0 Å². The Bertz CT molecular complexity index is 701. The number of nitrogens with zero attached hydrogens (tertiary/aromatic N) is 2. The van der Waals surface area contributed by atoms with E-state index in [1.807, 2.05) is 0 Å². The van der Waals surface area contributed by atoms with Gasteiger partial charge in [-0.05, 0) is 30.7 Å². The molecule has 0 bridgehead atoms. The van der Waals surface area contributed by atoms with Crippen LogP contribution in [0.2, 0.25) is 0 Å². The second-order valence-corrected chi connectivity index (χ2v) is 4.18. The van der Waals surface area contributed by atoms with Crippen LogP contribution in [0.4, 0.5) is 5.69 Å². The minimum atomic E-state index is -0.536. The summed E-state index contributed by atoms with van der Waals surface area (Å²) < 4.78 is 9.50. The Morgan fingerprint density at radius 1 is 1.33 bits per heavy atom. The lowest BCUT2D eigenvalue weighted by atomic mass is 10.1. The number of hydrogen-bond donors (Lipinski definition) is 0. The number of carbonyl (C=O) groups excluding carboxylic acids is 1. The third kappa shape index (κ3) is 3.14. The standard InChI is InChI=1S/C14H12N2O5/c1-9-13(16(18)19)12(21-15-9)8-5-10-3-6-11(7-4-10)14(17)20-2/h3-8H,1-2H3/b8-5+. The molecule has 0 amide bonds. The van der Waals surface area contributed by atoms with Crippen molar-refractivity contribution in [2.75, 3.05) is 7.11 Å². The van der Waals surface area contributed by atoms with Gasteiger partial charge in [0.2, 0.25) is 5.76 Å². The lowest BCUT2D eigenvalue weighted by Gasteiger charge is -1.98. The molecule has 0 radical (unpaired) electrons. The Hall–Kier alpha value is -2.96. The summed E-state index contributed by atoms with van der Waals surface area (Å²) in [5.41, 5.74) is 1.25. The molecule has 2 aromatic rings. The van der Waals surface area contributed by atoms with E-state index < -0.39 is 10.9 Å². The molecule has 2 rings (SSSR count). The molecule has 0 N–H and O–H groups in total. The Balaban J connectivity index is 2.22. The van der Waals surface area contributed by atoms with Crippen LogP contribution in [0.15, 0.2) is 28.8 Å². The molecule has 108 valence electrons. The van der Waals surface area contributed by atoms with E-state index in [9.17, 15) is 14.9 Å². The molecule has 0 saturated heterocycles. The van der Waals surface area contributed by atoms with Crippen molar-refractivity contribution in [3.63, 3.8) is 0 Å². The maximum Gasteiger partial charge on any atom is 0.338 e. The van der Waals surface area contributed by atoms with Gasteiger partial charge in [0.05, 0.1) is 17.6 Å². The number of nitro groups is 1. The van der Waals surface area contributed by atoms with Gasteiger partial charge in [-0.3, -0.25) is 10.1 Å². The summed E-state index contributed by atoms with van der Waals surface area (Å²) in [6, 6.07) is 6.59. The molecule has 0 fully saturated rings. The van der Waals surface area contributed by atoms with E-state index >= 15 is 0 Å². The first-order chi connectivity index (χ1) is 10.0. The van der Waals surface area contributed by atoms with Crippen LogP contribution >= 0.6 is 0 Å². The van der Waals surface area contributed by atoms with Gasteiger partial charge in [-0.2, -0.15) is 0 Å². The quantitative estimate of drug-likeness (QED) is 0.487. The largest absolute Gasteiger partial charge is 0.465 e. The molecule has 1 heterocycles. The van der Waals surface area contributed by atoms with Gasteiger partial charge >= 0.3 is 11.7 Å².